The van der Waals surface area contributed by atoms with Crippen LogP contribution in [0.3, 0.4) is 0 Å². The first-order valence-corrected chi connectivity index (χ1v) is 10.9. The maximum atomic E-state index is 12.9. The van der Waals surface area contributed by atoms with Crippen molar-refractivity contribution >= 4 is 11.9 Å². The van der Waals surface area contributed by atoms with Gasteiger partial charge < -0.3 is 24.3 Å². The molecule has 0 aromatic heterocycles. The monoisotopic (exact) mass is 493 g/mol. The highest BCUT2D eigenvalue weighted by molar-refractivity contribution is 5.97. The summed E-state index contributed by atoms with van der Waals surface area (Å²) in [6.45, 7) is 1.90. The van der Waals surface area contributed by atoms with Crippen LogP contribution in [0.1, 0.15) is 35.2 Å². The van der Waals surface area contributed by atoms with E-state index in [9.17, 15) is 22.8 Å². The van der Waals surface area contributed by atoms with Gasteiger partial charge in [0.1, 0.15) is 5.75 Å². The Balaban J connectivity index is 1.78. The average Bonchev–Trinajstić information content (AvgIpc) is 3.26. The lowest BCUT2D eigenvalue weighted by molar-refractivity contribution is -0.274. The Morgan fingerprint density at radius 2 is 1.74 bits per heavy atom. The van der Waals surface area contributed by atoms with Crippen LogP contribution in [0.5, 0.6) is 17.2 Å². The van der Waals surface area contributed by atoms with Crippen LogP contribution < -0.4 is 19.5 Å². The highest BCUT2D eigenvalue weighted by atomic mass is 19.4. The SMILES string of the molecule is CCOC(=O)[C@H](c1ccc(OC)c(OC)c1)[C@@H]1C=C[C@@H](NC(=O)c2ccccc2OC(F)(F)F)C1. The van der Waals surface area contributed by atoms with Gasteiger partial charge in [-0.25, -0.2) is 0 Å². The molecular formula is C25H26F3NO6. The van der Waals surface area contributed by atoms with E-state index in [0.717, 1.165) is 6.07 Å². The Bertz CT molecular complexity index is 1090. The Kier molecular flexibility index (Phi) is 8.26. The summed E-state index contributed by atoms with van der Waals surface area (Å²) in [4.78, 5) is 25.6. The first kappa shape index (κ1) is 25.9. The molecule has 3 rings (SSSR count). The van der Waals surface area contributed by atoms with E-state index in [-0.39, 0.29) is 18.1 Å². The van der Waals surface area contributed by atoms with Gasteiger partial charge in [0, 0.05) is 6.04 Å². The molecule has 1 amide bonds. The lowest BCUT2D eigenvalue weighted by atomic mass is 9.85. The molecule has 1 aliphatic rings. The number of hydrogen-bond acceptors (Lipinski definition) is 6. The van der Waals surface area contributed by atoms with E-state index in [4.69, 9.17) is 14.2 Å². The van der Waals surface area contributed by atoms with E-state index in [1.807, 2.05) is 0 Å². The summed E-state index contributed by atoms with van der Waals surface area (Å²) in [7, 11) is 2.99. The van der Waals surface area contributed by atoms with E-state index < -0.39 is 35.9 Å². The predicted molar refractivity (Wildman–Crippen MR) is 121 cm³/mol. The number of allylic oxidation sites excluding steroid dienone is 1. The number of amides is 1. The van der Waals surface area contributed by atoms with Crippen molar-refractivity contribution in [2.45, 2.75) is 31.7 Å². The van der Waals surface area contributed by atoms with Gasteiger partial charge in [-0.1, -0.05) is 30.4 Å². The van der Waals surface area contributed by atoms with E-state index >= 15 is 0 Å². The van der Waals surface area contributed by atoms with E-state index in [1.165, 1.54) is 32.4 Å². The number of methoxy groups -OCH3 is 2. The zero-order valence-electron chi connectivity index (χ0n) is 19.4. The van der Waals surface area contributed by atoms with Crippen LogP contribution in [0.25, 0.3) is 0 Å². The Morgan fingerprint density at radius 1 is 1.03 bits per heavy atom. The number of nitrogens with one attached hydrogen (secondary N) is 1. The Morgan fingerprint density at radius 3 is 2.40 bits per heavy atom. The third kappa shape index (κ3) is 6.46. The number of halogens is 3. The van der Waals surface area contributed by atoms with Gasteiger partial charge in [0.2, 0.25) is 0 Å². The number of alkyl halides is 3. The molecule has 7 nitrogen and oxygen atoms in total. The second kappa shape index (κ2) is 11.2. The molecule has 10 heteroatoms. The van der Waals surface area contributed by atoms with Crippen LogP contribution >= 0.6 is 0 Å². The minimum atomic E-state index is -4.93. The molecule has 0 aliphatic heterocycles. The van der Waals surface area contributed by atoms with Crippen LogP contribution in [0.15, 0.2) is 54.6 Å². The molecule has 188 valence electrons. The Labute approximate surface area is 200 Å². The summed E-state index contributed by atoms with van der Waals surface area (Å²) >= 11 is 0. The molecule has 0 heterocycles. The molecule has 2 aromatic rings. The van der Waals surface area contributed by atoms with Crippen molar-refractivity contribution in [1.82, 2.24) is 5.32 Å². The van der Waals surface area contributed by atoms with Gasteiger partial charge >= 0.3 is 12.3 Å². The summed E-state index contributed by atoms with van der Waals surface area (Å²) in [6.07, 6.45) is -1.09. The van der Waals surface area contributed by atoms with E-state index in [2.05, 4.69) is 10.1 Å². The number of ether oxygens (including phenoxy) is 4. The van der Waals surface area contributed by atoms with Crippen molar-refractivity contribution in [3.8, 4) is 17.2 Å². The van der Waals surface area contributed by atoms with Gasteiger partial charge in [0.15, 0.2) is 11.5 Å². The van der Waals surface area contributed by atoms with Crippen molar-refractivity contribution in [3.05, 3.63) is 65.7 Å². The molecule has 0 saturated carbocycles. The molecule has 0 unspecified atom stereocenters. The maximum absolute atomic E-state index is 12.9. The number of hydrogen-bond donors (Lipinski definition) is 1. The molecule has 1 aliphatic carbocycles. The van der Waals surface area contributed by atoms with Crippen LogP contribution in [-0.2, 0) is 9.53 Å². The normalized spacial score (nSPS) is 18.0. The number of rotatable bonds is 9. The summed E-state index contributed by atoms with van der Waals surface area (Å²) < 4.78 is 58.0. The standard InChI is InChI=1S/C25H26F3NO6/c1-4-34-24(31)22(16-10-12-20(32-2)21(14-16)33-3)15-9-11-17(13-15)29-23(30)18-7-5-6-8-19(18)35-25(26,27)28/h5-12,14-15,17,22H,4,13H2,1-3H3,(H,29,30)/t15-,17-,22+/m1/s1. The largest absolute Gasteiger partial charge is 0.573 e. The van der Waals surface area contributed by atoms with Crippen molar-refractivity contribution < 1.29 is 41.7 Å². The smallest absolute Gasteiger partial charge is 0.493 e. The number of carbonyl (C=O) groups excluding carboxylic acids is 2. The third-order valence-corrected chi connectivity index (χ3v) is 5.53. The van der Waals surface area contributed by atoms with E-state index in [1.54, 1.807) is 37.3 Å². The highest BCUT2D eigenvalue weighted by Gasteiger charge is 2.36. The van der Waals surface area contributed by atoms with E-state index in [0.29, 0.717) is 23.5 Å². The van der Waals surface area contributed by atoms with Crippen molar-refractivity contribution in [1.29, 1.82) is 0 Å². The Hall–Kier alpha value is -3.69. The van der Waals surface area contributed by atoms with Crippen LogP contribution in [-0.4, -0.2) is 45.1 Å². The topological polar surface area (TPSA) is 83.1 Å². The molecule has 35 heavy (non-hydrogen) atoms. The zero-order chi connectivity index (χ0) is 25.6. The molecule has 2 aromatic carbocycles. The molecule has 3 atom stereocenters. The van der Waals surface area contributed by atoms with Crippen LogP contribution in [0, 0.1) is 5.92 Å². The fraction of sp³-hybridized carbons (Fsp3) is 0.360. The molecule has 0 fully saturated rings. The minimum Gasteiger partial charge on any atom is -0.493 e. The second-order valence-electron chi connectivity index (χ2n) is 7.75. The fourth-order valence-corrected chi connectivity index (χ4v) is 4.03. The molecule has 0 radical (unpaired) electrons. The van der Waals surface area contributed by atoms with Crippen LogP contribution in [0.4, 0.5) is 13.2 Å². The zero-order valence-corrected chi connectivity index (χ0v) is 19.4. The van der Waals surface area contributed by atoms with Crippen LogP contribution in [0.2, 0.25) is 0 Å². The lowest BCUT2D eigenvalue weighted by Gasteiger charge is -2.23. The van der Waals surface area contributed by atoms with Gasteiger partial charge in [0.25, 0.3) is 5.91 Å². The van der Waals surface area contributed by atoms with Gasteiger partial charge in [-0.2, -0.15) is 0 Å². The number of benzene rings is 2. The number of esters is 1. The quantitative estimate of drug-likeness (QED) is 0.405. The molecule has 0 saturated heterocycles. The molecule has 1 N–H and O–H groups in total. The highest BCUT2D eigenvalue weighted by Crippen LogP contribution is 2.38. The first-order valence-electron chi connectivity index (χ1n) is 10.9. The summed E-state index contributed by atoms with van der Waals surface area (Å²) in [5.41, 5.74) is 0.398. The van der Waals surface area contributed by atoms with Gasteiger partial charge in [-0.3, -0.25) is 9.59 Å². The maximum Gasteiger partial charge on any atom is 0.573 e. The van der Waals surface area contributed by atoms with Crippen molar-refractivity contribution in [2.24, 2.45) is 5.92 Å². The number of carbonyl (C=O) groups is 2. The van der Waals surface area contributed by atoms with Crippen molar-refractivity contribution in [2.75, 3.05) is 20.8 Å². The summed E-state index contributed by atoms with van der Waals surface area (Å²) in [5, 5.41) is 2.70. The molecule has 0 spiro atoms. The van der Waals surface area contributed by atoms with Gasteiger partial charge in [0.05, 0.1) is 32.3 Å². The molecular weight excluding hydrogens is 467 g/mol. The third-order valence-electron chi connectivity index (χ3n) is 5.53. The first-order chi connectivity index (χ1) is 16.7. The average molecular weight is 493 g/mol. The predicted octanol–water partition coefficient (Wildman–Crippen LogP) is 4.62. The summed E-state index contributed by atoms with van der Waals surface area (Å²) in [5.74, 6) is -1.82. The fourth-order valence-electron chi connectivity index (χ4n) is 4.03. The van der Waals surface area contributed by atoms with Gasteiger partial charge in [-0.15, -0.1) is 13.2 Å². The lowest BCUT2D eigenvalue weighted by Crippen LogP contribution is -2.34. The summed E-state index contributed by atoms with van der Waals surface area (Å²) in [6, 6.07) is 9.73. The minimum absolute atomic E-state index is 0.190. The molecule has 0 bridgehead atoms. The second-order valence-corrected chi connectivity index (χ2v) is 7.75. The number of para-hydroxylation sites is 1. The van der Waals surface area contributed by atoms with Crippen molar-refractivity contribution in [3.63, 3.8) is 0 Å². The van der Waals surface area contributed by atoms with Gasteiger partial charge in [-0.05, 0) is 49.1 Å².